The van der Waals surface area contributed by atoms with Crippen molar-refractivity contribution >= 4 is 11.3 Å². The molecule has 0 aliphatic heterocycles. The summed E-state index contributed by atoms with van der Waals surface area (Å²) < 4.78 is 10.4. The van der Waals surface area contributed by atoms with Crippen LogP contribution in [0.5, 0.6) is 5.75 Å². The van der Waals surface area contributed by atoms with Gasteiger partial charge in [-0.25, -0.2) is 0 Å². The Labute approximate surface area is 74.4 Å². The molecule has 3 heteroatoms. The van der Waals surface area contributed by atoms with Gasteiger partial charge in [0.2, 0.25) is 0 Å². The molecule has 2 aromatic rings. The van der Waals surface area contributed by atoms with Crippen LogP contribution < -0.4 is 4.74 Å². The van der Waals surface area contributed by atoms with E-state index in [-0.39, 0.29) is 0 Å². The molecule has 0 N–H and O–H groups in total. The highest BCUT2D eigenvalue weighted by molar-refractivity contribution is 7.13. The maximum Gasteiger partial charge on any atom is 0.185 e. The molecule has 2 heterocycles. The zero-order valence-corrected chi connectivity index (χ0v) is 7.43. The van der Waals surface area contributed by atoms with Gasteiger partial charge in [-0.2, -0.15) is 0 Å². The molecule has 0 aliphatic rings. The fraction of sp³-hybridized carbons (Fsp3) is 0.111. The van der Waals surface area contributed by atoms with Crippen LogP contribution in [0.1, 0.15) is 0 Å². The molecule has 0 unspecified atom stereocenters. The summed E-state index contributed by atoms with van der Waals surface area (Å²) in [5.41, 5.74) is 0. The molecule has 12 heavy (non-hydrogen) atoms. The molecule has 0 saturated carbocycles. The maximum atomic E-state index is 5.29. The minimum Gasteiger partial charge on any atom is -0.493 e. The molecule has 2 nitrogen and oxygen atoms in total. The molecular formula is C9H8O2S. The molecule has 0 fully saturated rings. The van der Waals surface area contributed by atoms with Crippen molar-refractivity contribution in [2.45, 2.75) is 0 Å². The predicted molar refractivity (Wildman–Crippen MR) is 48.6 cm³/mol. The number of methoxy groups -OCH3 is 1. The number of hydrogen-bond donors (Lipinski definition) is 0. The Hall–Kier alpha value is -1.22. The van der Waals surface area contributed by atoms with Gasteiger partial charge in [-0.05, 0) is 11.4 Å². The number of hydrogen-bond acceptors (Lipinski definition) is 3. The average Bonchev–Trinajstić information content (AvgIpc) is 2.74. The minimum absolute atomic E-state index is 0.789. The van der Waals surface area contributed by atoms with E-state index in [1.165, 1.54) is 0 Å². The van der Waals surface area contributed by atoms with Gasteiger partial charge in [0.05, 0.1) is 18.3 Å². The molecule has 0 atom stereocenters. The van der Waals surface area contributed by atoms with Gasteiger partial charge in [-0.1, -0.05) is 6.07 Å². The van der Waals surface area contributed by atoms with Crippen LogP contribution in [0.25, 0.3) is 10.6 Å². The first kappa shape index (κ1) is 7.43. The quantitative estimate of drug-likeness (QED) is 0.708. The van der Waals surface area contributed by atoms with Gasteiger partial charge in [0.15, 0.2) is 11.5 Å². The second-order valence-corrected chi connectivity index (χ2v) is 3.24. The van der Waals surface area contributed by atoms with Crippen LogP contribution >= 0.6 is 11.3 Å². The molecule has 0 spiro atoms. The summed E-state index contributed by atoms with van der Waals surface area (Å²) in [6.07, 6.45) is 1.63. The number of thiophene rings is 1. The van der Waals surface area contributed by atoms with Crippen molar-refractivity contribution in [2.24, 2.45) is 0 Å². The lowest BCUT2D eigenvalue weighted by atomic mass is 10.3. The third-order valence-corrected chi connectivity index (χ3v) is 2.46. The van der Waals surface area contributed by atoms with Crippen LogP contribution in [0.4, 0.5) is 0 Å². The monoisotopic (exact) mass is 180 g/mol. The van der Waals surface area contributed by atoms with E-state index in [9.17, 15) is 0 Å². The molecule has 0 amide bonds. The van der Waals surface area contributed by atoms with Gasteiger partial charge in [0.1, 0.15) is 0 Å². The Morgan fingerprint density at radius 1 is 1.42 bits per heavy atom. The molecule has 0 radical (unpaired) electrons. The lowest BCUT2D eigenvalue weighted by Crippen LogP contribution is -1.80. The third kappa shape index (κ3) is 1.12. The van der Waals surface area contributed by atoms with E-state index in [0.717, 1.165) is 16.4 Å². The highest BCUT2D eigenvalue weighted by Gasteiger charge is 2.08. The molecule has 0 aliphatic carbocycles. The fourth-order valence-electron chi connectivity index (χ4n) is 1.05. The molecule has 2 aromatic heterocycles. The first-order valence-electron chi connectivity index (χ1n) is 3.57. The smallest absolute Gasteiger partial charge is 0.185 e. The zero-order valence-electron chi connectivity index (χ0n) is 6.61. The standard InChI is InChI=1S/C9H8O2S/c1-10-7-4-5-11-9(7)8-3-2-6-12-8/h2-6H,1H3. The first-order chi connectivity index (χ1) is 5.92. The van der Waals surface area contributed by atoms with Crippen molar-refractivity contribution in [3.63, 3.8) is 0 Å². The molecule has 0 bridgehead atoms. The van der Waals surface area contributed by atoms with Gasteiger partial charge >= 0.3 is 0 Å². The Bertz CT molecular complexity index is 348. The summed E-state index contributed by atoms with van der Waals surface area (Å²) >= 11 is 1.64. The van der Waals surface area contributed by atoms with E-state index in [2.05, 4.69) is 0 Å². The molecular weight excluding hydrogens is 172 g/mol. The summed E-state index contributed by atoms with van der Waals surface area (Å²) in [4.78, 5) is 1.09. The van der Waals surface area contributed by atoms with Crippen LogP contribution in [0.2, 0.25) is 0 Å². The maximum absolute atomic E-state index is 5.29. The van der Waals surface area contributed by atoms with Crippen LogP contribution in [0.15, 0.2) is 34.3 Å². The predicted octanol–water partition coefficient (Wildman–Crippen LogP) is 3.02. The van der Waals surface area contributed by atoms with Crippen molar-refractivity contribution < 1.29 is 9.15 Å². The molecule has 0 saturated heterocycles. The number of ether oxygens (including phenoxy) is 1. The molecule has 0 aromatic carbocycles. The van der Waals surface area contributed by atoms with Gasteiger partial charge in [0, 0.05) is 6.07 Å². The lowest BCUT2D eigenvalue weighted by molar-refractivity contribution is 0.410. The molecule has 62 valence electrons. The SMILES string of the molecule is COc1ccoc1-c1cccs1. The van der Waals surface area contributed by atoms with Gasteiger partial charge in [-0.15, -0.1) is 11.3 Å². The average molecular weight is 180 g/mol. The Morgan fingerprint density at radius 3 is 3.00 bits per heavy atom. The van der Waals surface area contributed by atoms with Gasteiger partial charge in [0.25, 0.3) is 0 Å². The van der Waals surface area contributed by atoms with E-state index >= 15 is 0 Å². The Morgan fingerprint density at radius 2 is 2.33 bits per heavy atom. The third-order valence-electron chi connectivity index (χ3n) is 1.59. The second-order valence-electron chi connectivity index (χ2n) is 2.30. The highest BCUT2D eigenvalue weighted by atomic mass is 32.1. The number of rotatable bonds is 2. The Kier molecular flexibility index (Phi) is 1.87. The summed E-state index contributed by atoms with van der Waals surface area (Å²) in [5, 5.41) is 2.01. The highest BCUT2D eigenvalue weighted by Crippen LogP contribution is 2.33. The van der Waals surface area contributed by atoms with Crippen molar-refractivity contribution in [3.8, 4) is 16.4 Å². The van der Waals surface area contributed by atoms with Gasteiger partial charge in [-0.3, -0.25) is 0 Å². The summed E-state index contributed by atoms with van der Waals surface area (Å²) in [5.74, 6) is 1.60. The van der Waals surface area contributed by atoms with Crippen molar-refractivity contribution in [1.82, 2.24) is 0 Å². The second kappa shape index (κ2) is 3.03. The fourth-order valence-corrected chi connectivity index (χ4v) is 1.76. The van der Waals surface area contributed by atoms with E-state index in [0.29, 0.717) is 0 Å². The normalized spacial score (nSPS) is 10.1. The minimum atomic E-state index is 0.789. The Balaban J connectivity index is 2.46. The van der Waals surface area contributed by atoms with Crippen molar-refractivity contribution in [2.75, 3.05) is 7.11 Å². The largest absolute Gasteiger partial charge is 0.493 e. The van der Waals surface area contributed by atoms with Crippen LogP contribution in [0, 0.1) is 0 Å². The summed E-state index contributed by atoms with van der Waals surface area (Å²) in [7, 11) is 1.64. The van der Waals surface area contributed by atoms with E-state index in [4.69, 9.17) is 9.15 Å². The number of furan rings is 1. The van der Waals surface area contributed by atoms with Crippen LogP contribution in [-0.4, -0.2) is 7.11 Å². The first-order valence-corrected chi connectivity index (χ1v) is 4.45. The summed E-state index contributed by atoms with van der Waals surface area (Å²) in [6, 6.07) is 5.81. The van der Waals surface area contributed by atoms with Crippen molar-refractivity contribution in [3.05, 3.63) is 29.8 Å². The summed E-state index contributed by atoms with van der Waals surface area (Å²) in [6.45, 7) is 0. The van der Waals surface area contributed by atoms with Gasteiger partial charge < -0.3 is 9.15 Å². The molecule has 2 rings (SSSR count). The van der Waals surface area contributed by atoms with E-state index in [1.807, 2.05) is 23.6 Å². The topological polar surface area (TPSA) is 22.4 Å². The van der Waals surface area contributed by atoms with E-state index in [1.54, 1.807) is 24.7 Å². The van der Waals surface area contributed by atoms with E-state index < -0.39 is 0 Å². The zero-order chi connectivity index (χ0) is 8.39. The van der Waals surface area contributed by atoms with Crippen molar-refractivity contribution in [1.29, 1.82) is 0 Å². The van der Waals surface area contributed by atoms with Crippen LogP contribution in [0.3, 0.4) is 0 Å². The van der Waals surface area contributed by atoms with Crippen LogP contribution in [-0.2, 0) is 0 Å². The lowest BCUT2D eigenvalue weighted by Gasteiger charge is -1.96.